The third kappa shape index (κ3) is 1.81. The first-order valence-electron chi connectivity index (χ1n) is 10.1. The standard InChI is InChI=1S/C28H22/c1-15-5-9-21-19(22-10-6-16(2)25(15)27(21)22)13-14-20-23-11-7-17(3)26-18(4)8-12-24(20)28(23)26/h5-14H,1-4H3. The van der Waals surface area contributed by atoms with Crippen LogP contribution in [0.1, 0.15) is 22.3 Å². The maximum absolute atomic E-state index is 2.32. The van der Waals surface area contributed by atoms with Crippen LogP contribution in [0.2, 0.25) is 0 Å². The van der Waals surface area contributed by atoms with E-state index in [-0.39, 0.29) is 0 Å². The molecule has 6 aromatic carbocycles. The van der Waals surface area contributed by atoms with Gasteiger partial charge in [0.2, 0.25) is 0 Å². The Hall–Kier alpha value is -3.12. The lowest BCUT2D eigenvalue weighted by atomic mass is 9.86. The van der Waals surface area contributed by atoms with Crippen molar-refractivity contribution in [3.63, 3.8) is 0 Å². The van der Waals surface area contributed by atoms with Crippen LogP contribution in [-0.2, 0) is 0 Å². The van der Waals surface area contributed by atoms with E-state index in [9.17, 15) is 0 Å². The number of benzene rings is 4. The lowest BCUT2D eigenvalue weighted by Gasteiger charge is -2.17. The van der Waals surface area contributed by atoms with Gasteiger partial charge in [-0.25, -0.2) is 0 Å². The Labute approximate surface area is 164 Å². The fourth-order valence-corrected chi connectivity index (χ4v) is 5.33. The summed E-state index contributed by atoms with van der Waals surface area (Å²) in [4.78, 5) is 0. The van der Waals surface area contributed by atoms with Gasteiger partial charge in [0.05, 0.1) is 0 Å². The summed E-state index contributed by atoms with van der Waals surface area (Å²) in [6.07, 6.45) is 4.65. The van der Waals surface area contributed by atoms with E-state index in [2.05, 4.69) is 88.4 Å². The molecule has 0 aliphatic rings. The number of hydrogen-bond donors (Lipinski definition) is 0. The molecule has 0 nitrogen and oxygen atoms in total. The van der Waals surface area contributed by atoms with Gasteiger partial charge in [-0.05, 0) is 103 Å². The Morgan fingerprint density at radius 2 is 0.679 bits per heavy atom. The monoisotopic (exact) mass is 358 g/mol. The van der Waals surface area contributed by atoms with Gasteiger partial charge in [-0.15, -0.1) is 0 Å². The smallest absolute Gasteiger partial charge is 0.00210 e. The zero-order chi connectivity index (χ0) is 19.2. The Morgan fingerprint density at radius 3 is 0.964 bits per heavy atom. The summed E-state index contributed by atoms with van der Waals surface area (Å²) in [6, 6.07) is 18.2. The van der Waals surface area contributed by atoms with Crippen LogP contribution < -0.4 is 10.4 Å². The predicted molar refractivity (Wildman–Crippen MR) is 124 cm³/mol. The average molecular weight is 358 g/mol. The minimum absolute atomic E-state index is 1.37. The molecule has 28 heavy (non-hydrogen) atoms. The van der Waals surface area contributed by atoms with E-state index >= 15 is 0 Å². The largest absolute Gasteiger partial charge is 0.0581 e. The molecule has 0 N–H and O–H groups in total. The van der Waals surface area contributed by atoms with E-state index in [0.29, 0.717) is 0 Å². The molecule has 0 aliphatic carbocycles. The summed E-state index contributed by atoms with van der Waals surface area (Å²) in [5.74, 6) is 0. The molecule has 0 aromatic heterocycles. The van der Waals surface area contributed by atoms with Crippen LogP contribution in [0.4, 0.5) is 0 Å². The van der Waals surface area contributed by atoms with Crippen molar-refractivity contribution >= 4 is 55.2 Å². The number of aryl methyl sites for hydroxylation is 4. The Balaban J connectivity index is 1.65. The molecule has 6 aromatic rings. The van der Waals surface area contributed by atoms with Gasteiger partial charge in [0.25, 0.3) is 0 Å². The number of hydrogen-bond acceptors (Lipinski definition) is 0. The van der Waals surface area contributed by atoms with Gasteiger partial charge < -0.3 is 0 Å². The predicted octanol–water partition coefficient (Wildman–Crippen LogP) is 6.11. The van der Waals surface area contributed by atoms with Crippen LogP contribution in [0.25, 0.3) is 55.2 Å². The van der Waals surface area contributed by atoms with Gasteiger partial charge in [-0.2, -0.15) is 0 Å². The maximum Gasteiger partial charge on any atom is -0.00210 e. The third-order valence-electron chi connectivity index (χ3n) is 6.73. The van der Waals surface area contributed by atoms with Gasteiger partial charge in [0, 0.05) is 0 Å². The van der Waals surface area contributed by atoms with Gasteiger partial charge in [-0.3, -0.25) is 0 Å². The highest BCUT2D eigenvalue weighted by molar-refractivity contribution is 6.21. The van der Waals surface area contributed by atoms with E-state index in [4.69, 9.17) is 0 Å². The van der Waals surface area contributed by atoms with Gasteiger partial charge in [-0.1, -0.05) is 60.7 Å². The summed E-state index contributed by atoms with van der Waals surface area (Å²) in [5, 5.41) is 14.1. The summed E-state index contributed by atoms with van der Waals surface area (Å²) < 4.78 is 0. The minimum atomic E-state index is 1.37. The van der Waals surface area contributed by atoms with Crippen molar-refractivity contribution in [1.82, 2.24) is 0 Å². The summed E-state index contributed by atoms with van der Waals surface area (Å²) >= 11 is 0. The normalized spacial score (nSPS) is 12.3. The van der Waals surface area contributed by atoms with Crippen molar-refractivity contribution in [1.29, 1.82) is 0 Å². The maximum atomic E-state index is 2.32. The van der Waals surface area contributed by atoms with E-state index in [1.54, 1.807) is 0 Å². The highest BCUT2D eigenvalue weighted by Gasteiger charge is 2.15. The molecule has 0 spiro atoms. The van der Waals surface area contributed by atoms with Crippen molar-refractivity contribution in [2.75, 3.05) is 0 Å². The fraction of sp³-hybridized carbons (Fsp3) is 0.143. The molecule has 0 atom stereocenters. The molecule has 6 rings (SSSR count). The van der Waals surface area contributed by atoms with Crippen LogP contribution in [0.3, 0.4) is 0 Å². The second kappa shape index (κ2) is 5.23. The summed E-state index contributed by atoms with van der Waals surface area (Å²) in [6.45, 7) is 8.87. The molecule has 0 unspecified atom stereocenters. The molecule has 0 heteroatoms. The summed E-state index contributed by atoms with van der Waals surface area (Å²) in [7, 11) is 0. The quantitative estimate of drug-likeness (QED) is 0.333. The molecule has 0 bridgehead atoms. The van der Waals surface area contributed by atoms with E-state index in [1.807, 2.05) is 0 Å². The topological polar surface area (TPSA) is 0 Å². The number of rotatable bonds is 1. The first-order chi connectivity index (χ1) is 13.6. The Bertz CT molecular complexity index is 1400. The van der Waals surface area contributed by atoms with Gasteiger partial charge >= 0.3 is 0 Å². The fourth-order valence-electron chi connectivity index (χ4n) is 5.33. The van der Waals surface area contributed by atoms with Crippen LogP contribution >= 0.6 is 0 Å². The molecular formula is C28H22. The molecule has 0 heterocycles. The lowest BCUT2D eigenvalue weighted by molar-refractivity contribution is 1.46. The molecule has 0 saturated heterocycles. The minimum Gasteiger partial charge on any atom is -0.0581 e. The highest BCUT2D eigenvalue weighted by Crippen LogP contribution is 2.33. The van der Waals surface area contributed by atoms with Gasteiger partial charge in [0.1, 0.15) is 0 Å². The zero-order valence-corrected chi connectivity index (χ0v) is 16.8. The molecule has 134 valence electrons. The molecular weight excluding hydrogens is 336 g/mol. The molecule has 0 saturated carbocycles. The van der Waals surface area contributed by atoms with Crippen LogP contribution in [0.5, 0.6) is 0 Å². The molecule has 0 amide bonds. The second-order valence-corrected chi connectivity index (χ2v) is 8.38. The van der Waals surface area contributed by atoms with Crippen LogP contribution in [0.15, 0.2) is 48.5 Å². The lowest BCUT2D eigenvalue weighted by Crippen LogP contribution is -2.14. The van der Waals surface area contributed by atoms with Crippen LogP contribution in [0, 0.1) is 27.7 Å². The first-order valence-corrected chi connectivity index (χ1v) is 10.1. The highest BCUT2D eigenvalue weighted by atomic mass is 14.2. The molecule has 0 aliphatic heterocycles. The van der Waals surface area contributed by atoms with Crippen molar-refractivity contribution in [2.24, 2.45) is 0 Å². The SMILES string of the molecule is Cc1ccc2c(=CC=c3c4ccc(C)c5c(C)ccc3c54)c3ccc(C)c1c23. The van der Waals surface area contributed by atoms with Crippen LogP contribution in [-0.4, -0.2) is 0 Å². The Morgan fingerprint density at radius 1 is 0.393 bits per heavy atom. The first kappa shape index (κ1) is 15.9. The third-order valence-corrected chi connectivity index (χ3v) is 6.73. The van der Waals surface area contributed by atoms with Crippen molar-refractivity contribution in [3.05, 3.63) is 81.2 Å². The van der Waals surface area contributed by atoms with Crippen molar-refractivity contribution in [2.45, 2.75) is 27.7 Å². The second-order valence-electron chi connectivity index (χ2n) is 8.38. The molecule has 0 radical (unpaired) electrons. The van der Waals surface area contributed by atoms with Crippen molar-refractivity contribution in [3.8, 4) is 0 Å². The summed E-state index contributed by atoms with van der Waals surface area (Å²) in [5.41, 5.74) is 5.50. The zero-order valence-electron chi connectivity index (χ0n) is 16.8. The van der Waals surface area contributed by atoms with E-state index < -0.39 is 0 Å². The molecule has 0 fully saturated rings. The average Bonchev–Trinajstić information content (AvgIpc) is 2.66. The van der Waals surface area contributed by atoms with Crippen molar-refractivity contribution < 1.29 is 0 Å². The van der Waals surface area contributed by atoms with E-state index in [0.717, 1.165) is 0 Å². The Kier molecular flexibility index (Phi) is 2.97. The van der Waals surface area contributed by atoms with E-state index in [1.165, 1.54) is 75.8 Å². The van der Waals surface area contributed by atoms with Gasteiger partial charge in [0.15, 0.2) is 0 Å².